The number of hydrogen-bond acceptors (Lipinski definition) is 2. The molecule has 0 aliphatic carbocycles. The molecule has 1 N–H and O–H groups in total. The zero-order valence-electron chi connectivity index (χ0n) is 14.5. The van der Waals surface area contributed by atoms with Gasteiger partial charge in [-0.25, -0.2) is 4.39 Å². The molecule has 0 saturated heterocycles. The summed E-state index contributed by atoms with van der Waals surface area (Å²) in [6.45, 7) is 3.40. The molecule has 1 aliphatic rings. The van der Waals surface area contributed by atoms with Gasteiger partial charge in [-0.15, -0.1) is 0 Å². The highest BCUT2D eigenvalue weighted by Crippen LogP contribution is 2.22. The summed E-state index contributed by atoms with van der Waals surface area (Å²) in [5.41, 5.74) is 2.15. The lowest BCUT2D eigenvalue weighted by Crippen LogP contribution is -2.36. The number of nitrogens with zero attached hydrogens (tertiary/aromatic N) is 2. The van der Waals surface area contributed by atoms with E-state index >= 15 is 0 Å². The molecule has 1 atom stereocenters. The molecule has 2 amide bonds. The van der Waals surface area contributed by atoms with E-state index in [2.05, 4.69) is 9.88 Å². The van der Waals surface area contributed by atoms with Crippen molar-refractivity contribution in [3.05, 3.63) is 59.2 Å². The molecule has 1 aromatic carbocycles. The Balaban J connectivity index is 1.88. The van der Waals surface area contributed by atoms with Gasteiger partial charge in [0.1, 0.15) is 5.82 Å². The van der Waals surface area contributed by atoms with Crippen molar-refractivity contribution in [3.8, 4) is 0 Å². The van der Waals surface area contributed by atoms with Crippen LogP contribution in [0.1, 0.15) is 28.0 Å². The van der Waals surface area contributed by atoms with Crippen LogP contribution in [0.3, 0.4) is 0 Å². The van der Waals surface area contributed by atoms with Gasteiger partial charge in [0, 0.05) is 49.9 Å². The zero-order valence-corrected chi connectivity index (χ0v) is 14.5. The lowest BCUT2D eigenvalue weighted by molar-refractivity contribution is -0.121. The lowest BCUT2D eigenvalue weighted by Gasteiger charge is -2.24. The van der Waals surface area contributed by atoms with Gasteiger partial charge in [-0.3, -0.25) is 9.59 Å². The summed E-state index contributed by atoms with van der Waals surface area (Å²) in [6, 6.07) is 8.15. The van der Waals surface area contributed by atoms with E-state index < -0.39 is 0 Å². The van der Waals surface area contributed by atoms with E-state index in [0.717, 1.165) is 5.69 Å². The fraction of sp³-hybridized carbons (Fsp3) is 0.368. The minimum absolute atomic E-state index is 0.0262. The number of carbonyl (C=O) groups excluding carboxylic acids is 2. The van der Waals surface area contributed by atoms with Gasteiger partial charge in [0.15, 0.2) is 0 Å². The summed E-state index contributed by atoms with van der Waals surface area (Å²) in [5, 5.41) is 2.65. The predicted octanol–water partition coefficient (Wildman–Crippen LogP) is 2.34. The van der Waals surface area contributed by atoms with Gasteiger partial charge in [-0.05, 0) is 42.8 Å². The van der Waals surface area contributed by atoms with Gasteiger partial charge >= 0.3 is 0 Å². The quantitative estimate of drug-likeness (QED) is 0.930. The van der Waals surface area contributed by atoms with Gasteiger partial charge in [0.25, 0.3) is 5.91 Å². The molecule has 0 unspecified atom stereocenters. The molecule has 25 heavy (non-hydrogen) atoms. The van der Waals surface area contributed by atoms with Crippen LogP contribution in [-0.4, -0.2) is 34.9 Å². The van der Waals surface area contributed by atoms with Crippen LogP contribution in [-0.2, 0) is 17.9 Å². The Bertz CT molecular complexity index is 800. The monoisotopic (exact) mass is 343 g/mol. The van der Waals surface area contributed by atoms with Gasteiger partial charge in [-0.2, -0.15) is 0 Å². The second-order valence-electron chi connectivity index (χ2n) is 6.54. The highest BCUT2D eigenvalue weighted by atomic mass is 19.1. The molecule has 1 aromatic heterocycles. The molecule has 5 nitrogen and oxygen atoms in total. The summed E-state index contributed by atoms with van der Waals surface area (Å²) in [5.74, 6) is -0.491. The number of carbonyl (C=O) groups is 2. The first kappa shape index (κ1) is 17.2. The first-order valence-electron chi connectivity index (χ1n) is 8.38. The van der Waals surface area contributed by atoms with Crippen LogP contribution in [0.4, 0.5) is 4.39 Å². The van der Waals surface area contributed by atoms with Crippen LogP contribution >= 0.6 is 0 Å². The number of amides is 2. The number of aromatic nitrogens is 1. The molecule has 0 bridgehead atoms. The second kappa shape index (κ2) is 7.09. The third-order valence-electron chi connectivity index (χ3n) is 4.67. The minimum atomic E-state index is -0.351. The summed E-state index contributed by atoms with van der Waals surface area (Å²) >= 11 is 0. The molecule has 0 spiro atoms. The molecule has 2 heterocycles. The topological polar surface area (TPSA) is 54.3 Å². The van der Waals surface area contributed by atoms with Gasteiger partial charge in [0.2, 0.25) is 5.91 Å². The molecule has 3 rings (SSSR count). The molecule has 6 heteroatoms. The van der Waals surface area contributed by atoms with Crippen molar-refractivity contribution in [2.45, 2.75) is 26.4 Å². The highest BCUT2D eigenvalue weighted by molar-refractivity contribution is 5.95. The Morgan fingerprint density at radius 2 is 2.08 bits per heavy atom. The van der Waals surface area contributed by atoms with Crippen LogP contribution < -0.4 is 5.32 Å². The fourth-order valence-electron chi connectivity index (χ4n) is 3.36. The van der Waals surface area contributed by atoms with E-state index in [4.69, 9.17) is 0 Å². The summed E-state index contributed by atoms with van der Waals surface area (Å²) in [4.78, 5) is 26.6. The first-order chi connectivity index (χ1) is 12.0. The fourth-order valence-corrected chi connectivity index (χ4v) is 3.36. The molecule has 132 valence electrons. The molecule has 0 fully saturated rings. The summed E-state index contributed by atoms with van der Waals surface area (Å²) in [6.07, 6.45) is 2.34. The van der Waals surface area contributed by atoms with E-state index in [9.17, 15) is 14.0 Å². The van der Waals surface area contributed by atoms with Crippen molar-refractivity contribution < 1.29 is 14.0 Å². The zero-order chi connectivity index (χ0) is 18.0. The number of halogens is 1. The molecule has 0 saturated carbocycles. The van der Waals surface area contributed by atoms with Crippen LogP contribution in [0.15, 0.2) is 36.5 Å². The van der Waals surface area contributed by atoms with Crippen molar-refractivity contribution >= 4 is 11.8 Å². The number of benzene rings is 1. The first-order valence-corrected chi connectivity index (χ1v) is 8.38. The Morgan fingerprint density at radius 1 is 1.28 bits per heavy atom. The number of nitrogens with one attached hydrogen (secondary N) is 1. The van der Waals surface area contributed by atoms with Gasteiger partial charge in [-0.1, -0.05) is 0 Å². The van der Waals surface area contributed by atoms with E-state index in [-0.39, 0.29) is 23.5 Å². The van der Waals surface area contributed by atoms with E-state index in [1.807, 2.05) is 18.3 Å². The number of hydrogen-bond donors (Lipinski definition) is 1. The third-order valence-corrected chi connectivity index (χ3v) is 4.67. The second-order valence-corrected chi connectivity index (χ2v) is 6.54. The largest absolute Gasteiger partial charge is 0.359 e. The number of fused-ring (bicyclic) bond motifs is 1. The Morgan fingerprint density at radius 3 is 2.80 bits per heavy atom. The average molecular weight is 343 g/mol. The highest BCUT2D eigenvalue weighted by Gasteiger charge is 2.27. The van der Waals surface area contributed by atoms with Crippen molar-refractivity contribution in [2.75, 3.05) is 13.6 Å². The van der Waals surface area contributed by atoms with Crippen LogP contribution in [0.25, 0.3) is 0 Å². The maximum atomic E-state index is 13.3. The van der Waals surface area contributed by atoms with Crippen molar-refractivity contribution in [1.29, 1.82) is 0 Å². The average Bonchev–Trinajstić information content (AvgIpc) is 2.93. The van der Waals surface area contributed by atoms with Gasteiger partial charge in [0.05, 0.1) is 6.54 Å². The maximum absolute atomic E-state index is 13.3. The lowest BCUT2D eigenvalue weighted by atomic mass is 10.0. The normalized spacial score (nSPS) is 16.9. The Hall–Kier alpha value is -2.63. The van der Waals surface area contributed by atoms with E-state index in [0.29, 0.717) is 37.2 Å². The molecule has 1 aliphatic heterocycles. The van der Waals surface area contributed by atoms with Crippen LogP contribution in [0, 0.1) is 18.7 Å². The number of rotatable bonds is 3. The smallest absolute Gasteiger partial charge is 0.254 e. The van der Waals surface area contributed by atoms with Crippen molar-refractivity contribution in [3.63, 3.8) is 0 Å². The SMILES string of the molecule is CNC(=O)C[C@@H]1CN(C(=O)c2ccc(F)cc2C)Cc2cccn2C1. The van der Waals surface area contributed by atoms with E-state index in [1.54, 1.807) is 18.9 Å². The Labute approximate surface area is 146 Å². The maximum Gasteiger partial charge on any atom is 0.254 e. The predicted molar refractivity (Wildman–Crippen MR) is 92.5 cm³/mol. The molecular formula is C19H22FN3O2. The Kier molecular flexibility index (Phi) is 4.88. The summed E-state index contributed by atoms with van der Waals surface area (Å²) in [7, 11) is 1.62. The molecule has 0 radical (unpaired) electrons. The van der Waals surface area contributed by atoms with Crippen LogP contribution in [0.5, 0.6) is 0 Å². The standard InChI is InChI=1S/C19H22FN3O2/c1-13-8-15(20)5-6-17(13)19(25)23-11-14(9-18(24)21-2)10-22-7-3-4-16(22)12-23/h3-8,14H,9-12H2,1-2H3,(H,21,24)/t14-/m0/s1. The van der Waals surface area contributed by atoms with Gasteiger partial charge < -0.3 is 14.8 Å². The van der Waals surface area contributed by atoms with E-state index in [1.165, 1.54) is 18.2 Å². The van der Waals surface area contributed by atoms with Crippen molar-refractivity contribution in [1.82, 2.24) is 14.8 Å². The minimum Gasteiger partial charge on any atom is -0.359 e. The summed E-state index contributed by atoms with van der Waals surface area (Å²) < 4.78 is 15.4. The number of aryl methyl sites for hydroxylation is 1. The van der Waals surface area contributed by atoms with Crippen LogP contribution in [0.2, 0.25) is 0 Å². The third kappa shape index (κ3) is 3.73. The molecule has 2 aromatic rings. The van der Waals surface area contributed by atoms with Crippen molar-refractivity contribution in [2.24, 2.45) is 5.92 Å². The molecular weight excluding hydrogens is 321 g/mol.